The SMILES string of the molecule is CCc1ccc2c(c1)Cc1c(C3=CC=CC3)c(CC)c(C)c(C)c1-2. The van der Waals surface area contributed by atoms with Gasteiger partial charge in [-0.3, -0.25) is 0 Å². The summed E-state index contributed by atoms with van der Waals surface area (Å²) < 4.78 is 0. The van der Waals surface area contributed by atoms with Crippen LogP contribution in [0.25, 0.3) is 16.7 Å². The molecule has 0 radical (unpaired) electrons. The van der Waals surface area contributed by atoms with Gasteiger partial charge in [0.15, 0.2) is 0 Å². The zero-order valence-corrected chi connectivity index (χ0v) is 15.3. The molecule has 24 heavy (non-hydrogen) atoms. The van der Waals surface area contributed by atoms with Gasteiger partial charge in [0, 0.05) is 0 Å². The van der Waals surface area contributed by atoms with Crippen LogP contribution in [-0.4, -0.2) is 0 Å². The second-order valence-corrected chi connectivity index (χ2v) is 7.16. The number of rotatable bonds is 3. The Morgan fingerprint density at radius 2 is 1.79 bits per heavy atom. The fourth-order valence-corrected chi connectivity index (χ4v) is 4.59. The largest absolute Gasteiger partial charge is 0.0801 e. The van der Waals surface area contributed by atoms with Gasteiger partial charge in [-0.2, -0.15) is 0 Å². The van der Waals surface area contributed by atoms with E-state index in [4.69, 9.17) is 0 Å². The van der Waals surface area contributed by atoms with Gasteiger partial charge in [-0.25, -0.2) is 0 Å². The van der Waals surface area contributed by atoms with Crippen LogP contribution in [0.15, 0.2) is 36.4 Å². The average Bonchev–Trinajstić information content (AvgIpc) is 3.24. The van der Waals surface area contributed by atoms with Gasteiger partial charge in [0.05, 0.1) is 0 Å². The monoisotopic (exact) mass is 314 g/mol. The summed E-state index contributed by atoms with van der Waals surface area (Å²) in [6.07, 6.45) is 11.2. The first-order valence-corrected chi connectivity index (χ1v) is 9.28. The van der Waals surface area contributed by atoms with Crippen LogP contribution < -0.4 is 0 Å². The molecule has 4 rings (SSSR count). The molecule has 0 unspecified atom stereocenters. The van der Waals surface area contributed by atoms with Crippen LogP contribution in [-0.2, 0) is 19.3 Å². The van der Waals surface area contributed by atoms with Crippen LogP contribution in [0.1, 0.15) is 59.2 Å². The molecule has 0 heterocycles. The predicted octanol–water partition coefficient (Wildman–Crippen LogP) is 6.34. The number of aryl methyl sites for hydroxylation is 1. The zero-order valence-electron chi connectivity index (χ0n) is 15.3. The smallest absolute Gasteiger partial charge is 0.000709 e. The summed E-state index contributed by atoms with van der Waals surface area (Å²) >= 11 is 0. The Kier molecular flexibility index (Phi) is 3.72. The molecule has 2 aliphatic carbocycles. The lowest BCUT2D eigenvalue weighted by atomic mass is 9.83. The van der Waals surface area contributed by atoms with Gasteiger partial charge in [-0.1, -0.05) is 50.3 Å². The summed E-state index contributed by atoms with van der Waals surface area (Å²) in [7, 11) is 0. The van der Waals surface area contributed by atoms with Crippen molar-refractivity contribution in [2.75, 3.05) is 0 Å². The van der Waals surface area contributed by atoms with Crippen molar-refractivity contribution in [1.82, 2.24) is 0 Å². The highest BCUT2D eigenvalue weighted by Crippen LogP contribution is 2.46. The predicted molar refractivity (Wildman–Crippen MR) is 105 cm³/mol. The summed E-state index contributed by atoms with van der Waals surface area (Å²) in [5, 5.41) is 0. The fraction of sp³-hybridized carbons (Fsp3) is 0.333. The van der Waals surface area contributed by atoms with Gasteiger partial charge in [0.2, 0.25) is 0 Å². The van der Waals surface area contributed by atoms with E-state index in [-0.39, 0.29) is 0 Å². The van der Waals surface area contributed by atoms with Crippen molar-refractivity contribution in [3.05, 3.63) is 75.4 Å². The number of benzene rings is 2. The molecule has 2 aromatic rings. The van der Waals surface area contributed by atoms with Crippen molar-refractivity contribution in [3.63, 3.8) is 0 Å². The van der Waals surface area contributed by atoms with E-state index in [0.29, 0.717) is 0 Å². The molecule has 2 aromatic carbocycles. The first kappa shape index (κ1) is 15.4. The normalized spacial score (nSPS) is 14.8. The van der Waals surface area contributed by atoms with Gasteiger partial charge in [0.1, 0.15) is 0 Å². The number of allylic oxidation sites excluding steroid dienone is 4. The van der Waals surface area contributed by atoms with Gasteiger partial charge in [0.25, 0.3) is 0 Å². The van der Waals surface area contributed by atoms with Crippen molar-refractivity contribution in [2.45, 2.75) is 53.4 Å². The molecule has 0 N–H and O–H groups in total. The molecule has 0 nitrogen and oxygen atoms in total. The first-order chi connectivity index (χ1) is 11.7. The number of hydrogen-bond acceptors (Lipinski definition) is 0. The van der Waals surface area contributed by atoms with Crippen molar-refractivity contribution in [3.8, 4) is 11.1 Å². The standard InChI is InChI=1S/C24H26/c1-5-17-11-12-21-19(13-17)14-22-23(21)16(4)15(3)20(6-2)24(22)18-9-7-8-10-18/h7-9,11-13H,5-6,10,14H2,1-4H3. The molecular formula is C24H26. The van der Waals surface area contributed by atoms with Gasteiger partial charge < -0.3 is 0 Å². The minimum atomic E-state index is 1.08. The van der Waals surface area contributed by atoms with E-state index in [1.165, 1.54) is 39.0 Å². The van der Waals surface area contributed by atoms with Crippen LogP contribution in [0, 0.1) is 13.8 Å². The van der Waals surface area contributed by atoms with Crippen LogP contribution in [0.3, 0.4) is 0 Å². The summed E-state index contributed by atoms with van der Waals surface area (Å²) in [4.78, 5) is 0. The Balaban J connectivity index is 2.01. The fourth-order valence-electron chi connectivity index (χ4n) is 4.59. The molecule has 0 heteroatoms. The Bertz CT molecular complexity index is 891. The highest BCUT2D eigenvalue weighted by atomic mass is 14.3. The molecule has 0 saturated heterocycles. The van der Waals surface area contributed by atoms with Crippen molar-refractivity contribution < 1.29 is 0 Å². The maximum absolute atomic E-state index is 2.43. The Hall–Kier alpha value is -2.08. The molecule has 0 atom stereocenters. The lowest BCUT2D eigenvalue weighted by Crippen LogP contribution is -2.04. The Labute approximate surface area is 145 Å². The third-order valence-corrected chi connectivity index (χ3v) is 5.96. The van der Waals surface area contributed by atoms with Gasteiger partial charge >= 0.3 is 0 Å². The highest BCUT2D eigenvalue weighted by molar-refractivity contribution is 5.89. The van der Waals surface area contributed by atoms with E-state index >= 15 is 0 Å². The number of hydrogen-bond donors (Lipinski definition) is 0. The number of fused-ring (bicyclic) bond motifs is 3. The second kappa shape index (κ2) is 5.77. The maximum Gasteiger partial charge on any atom is -0.000709 e. The summed E-state index contributed by atoms with van der Waals surface area (Å²) in [5.74, 6) is 0. The molecule has 0 amide bonds. The minimum absolute atomic E-state index is 1.08. The van der Waals surface area contributed by atoms with Gasteiger partial charge in [-0.05, 0) is 95.2 Å². The molecule has 122 valence electrons. The van der Waals surface area contributed by atoms with Crippen LogP contribution >= 0.6 is 0 Å². The van der Waals surface area contributed by atoms with Crippen LogP contribution in [0.4, 0.5) is 0 Å². The van der Waals surface area contributed by atoms with E-state index in [1.54, 1.807) is 16.7 Å². The van der Waals surface area contributed by atoms with E-state index < -0.39 is 0 Å². The first-order valence-electron chi connectivity index (χ1n) is 9.28. The Morgan fingerprint density at radius 3 is 2.46 bits per heavy atom. The van der Waals surface area contributed by atoms with E-state index in [1.807, 2.05) is 0 Å². The molecule has 0 aromatic heterocycles. The molecule has 2 aliphatic rings. The topological polar surface area (TPSA) is 0 Å². The van der Waals surface area contributed by atoms with E-state index in [0.717, 1.165) is 25.7 Å². The molecule has 0 aliphatic heterocycles. The molecule has 0 fully saturated rings. The summed E-state index contributed by atoms with van der Waals surface area (Å²) in [6.45, 7) is 9.19. The van der Waals surface area contributed by atoms with Crippen molar-refractivity contribution in [1.29, 1.82) is 0 Å². The summed E-state index contributed by atoms with van der Waals surface area (Å²) in [5.41, 5.74) is 15.1. The molecule has 0 saturated carbocycles. The second-order valence-electron chi connectivity index (χ2n) is 7.16. The Morgan fingerprint density at radius 1 is 0.958 bits per heavy atom. The zero-order chi connectivity index (χ0) is 16.8. The highest BCUT2D eigenvalue weighted by Gasteiger charge is 2.28. The molecule has 0 spiro atoms. The third-order valence-electron chi connectivity index (χ3n) is 5.96. The quantitative estimate of drug-likeness (QED) is 0.529. The average molecular weight is 314 g/mol. The van der Waals surface area contributed by atoms with Crippen molar-refractivity contribution >= 4 is 5.57 Å². The van der Waals surface area contributed by atoms with Crippen molar-refractivity contribution in [2.24, 2.45) is 0 Å². The molecular weight excluding hydrogens is 288 g/mol. The lowest BCUT2D eigenvalue weighted by Gasteiger charge is -2.21. The van der Waals surface area contributed by atoms with Crippen LogP contribution in [0.2, 0.25) is 0 Å². The van der Waals surface area contributed by atoms with Gasteiger partial charge in [-0.15, -0.1) is 0 Å². The van der Waals surface area contributed by atoms with E-state index in [2.05, 4.69) is 64.1 Å². The maximum atomic E-state index is 2.43. The summed E-state index contributed by atoms with van der Waals surface area (Å²) in [6, 6.07) is 7.11. The van der Waals surface area contributed by atoms with Crippen LogP contribution in [0.5, 0.6) is 0 Å². The minimum Gasteiger partial charge on any atom is -0.0801 e. The lowest BCUT2D eigenvalue weighted by molar-refractivity contribution is 1.06. The molecule has 0 bridgehead atoms. The van der Waals surface area contributed by atoms with E-state index in [9.17, 15) is 0 Å². The third kappa shape index (κ3) is 2.13.